The highest BCUT2D eigenvalue weighted by Gasteiger charge is 2.32. The van der Waals surface area contributed by atoms with Crippen LogP contribution in [0.25, 0.3) is 0 Å². The molecular weight excluding hydrogens is 244 g/mol. The van der Waals surface area contributed by atoms with Crippen molar-refractivity contribution in [1.29, 1.82) is 0 Å². The molecule has 0 radical (unpaired) electrons. The third-order valence-electron chi connectivity index (χ3n) is 3.79. The van der Waals surface area contributed by atoms with Crippen molar-refractivity contribution >= 4 is 11.9 Å². The second kappa shape index (κ2) is 4.99. The fourth-order valence-corrected chi connectivity index (χ4v) is 2.25. The topological polar surface area (TPSA) is 79.3 Å². The Bertz CT molecular complexity index is 521. The highest BCUT2D eigenvalue weighted by molar-refractivity contribution is 5.94. The van der Waals surface area contributed by atoms with Crippen LogP contribution in [-0.4, -0.2) is 28.5 Å². The minimum absolute atomic E-state index is 0.127. The summed E-state index contributed by atoms with van der Waals surface area (Å²) in [4.78, 5) is 26.9. The Morgan fingerprint density at radius 2 is 2.11 bits per heavy atom. The van der Waals surface area contributed by atoms with Crippen molar-refractivity contribution in [2.45, 2.75) is 33.1 Å². The van der Waals surface area contributed by atoms with E-state index in [0.29, 0.717) is 12.2 Å². The van der Waals surface area contributed by atoms with Gasteiger partial charge in [0.25, 0.3) is 5.91 Å². The summed E-state index contributed by atoms with van der Waals surface area (Å²) in [6.07, 6.45) is 3.49. The first-order valence-electron chi connectivity index (χ1n) is 6.40. The summed E-state index contributed by atoms with van der Waals surface area (Å²) < 4.78 is 0. The van der Waals surface area contributed by atoms with Gasteiger partial charge in [-0.2, -0.15) is 0 Å². The number of amides is 1. The van der Waals surface area contributed by atoms with Crippen molar-refractivity contribution in [3.63, 3.8) is 0 Å². The standard InChI is InChI=1S/C14H18N2O3/c1-9-10(13(18)19)4-5-11(16-9)12(17)15-8-14(2)6-3-7-14/h4-5H,3,6-8H2,1-2H3,(H,15,17)(H,18,19). The van der Waals surface area contributed by atoms with E-state index >= 15 is 0 Å². The van der Waals surface area contributed by atoms with Crippen LogP contribution in [-0.2, 0) is 0 Å². The molecule has 1 heterocycles. The zero-order chi connectivity index (χ0) is 14.0. The molecule has 0 bridgehead atoms. The second-order valence-corrected chi connectivity index (χ2v) is 5.48. The molecule has 2 rings (SSSR count). The van der Waals surface area contributed by atoms with E-state index < -0.39 is 5.97 Å². The van der Waals surface area contributed by atoms with E-state index in [1.165, 1.54) is 18.6 Å². The molecule has 1 aromatic rings. The van der Waals surface area contributed by atoms with Crippen LogP contribution in [0.15, 0.2) is 12.1 Å². The lowest BCUT2D eigenvalue weighted by molar-refractivity contribution is 0.0694. The van der Waals surface area contributed by atoms with E-state index in [0.717, 1.165) is 12.8 Å². The van der Waals surface area contributed by atoms with Crippen LogP contribution >= 0.6 is 0 Å². The molecule has 2 N–H and O–H groups in total. The summed E-state index contributed by atoms with van der Waals surface area (Å²) in [5.41, 5.74) is 0.967. The number of nitrogens with one attached hydrogen (secondary N) is 1. The SMILES string of the molecule is Cc1nc(C(=O)NCC2(C)CCC2)ccc1C(=O)O. The van der Waals surface area contributed by atoms with Gasteiger partial charge in [0.05, 0.1) is 11.3 Å². The third-order valence-corrected chi connectivity index (χ3v) is 3.79. The molecular formula is C14H18N2O3. The van der Waals surface area contributed by atoms with Crippen molar-refractivity contribution < 1.29 is 14.7 Å². The maximum Gasteiger partial charge on any atom is 0.337 e. The number of carboxylic acid groups (broad SMARTS) is 1. The number of nitrogens with zero attached hydrogens (tertiary/aromatic N) is 1. The van der Waals surface area contributed by atoms with Gasteiger partial charge in [0.15, 0.2) is 0 Å². The van der Waals surface area contributed by atoms with Crippen molar-refractivity contribution in [2.75, 3.05) is 6.54 Å². The molecule has 1 aromatic heterocycles. The van der Waals surface area contributed by atoms with Gasteiger partial charge in [0.1, 0.15) is 5.69 Å². The average Bonchev–Trinajstić information content (AvgIpc) is 2.33. The highest BCUT2D eigenvalue weighted by atomic mass is 16.4. The molecule has 1 saturated carbocycles. The monoisotopic (exact) mass is 262 g/mol. The van der Waals surface area contributed by atoms with Crippen molar-refractivity contribution in [3.8, 4) is 0 Å². The normalized spacial score (nSPS) is 16.5. The molecule has 1 amide bonds. The van der Waals surface area contributed by atoms with E-state index in [1.54, 1.807) is 6.92 Å². The van der Waals surface area contributed by atoms with E-state index in [4.69, 9.17) is 5.11 Å². The Kier molecular flexibility index (Phi) is 3.55. The fraction of sp³-hybridized carbons (Fsp3) is 0.500. The quantitative estimate of drug-likeness (QED) is 0.870. The number of hydrogen-bond acceptors (Lipinski definition) is 3. The molecule has 102 valence electrons. The van der Waals surface area contributed by atoms with Crippen LogP contribution in [0.3, 0.4) is 0 Å². The Morgan fingerprint density at radius 3 is 2.58 bits per heavy atom. The van der Waals surface area contributed by atoms with Crippen molar-refractivity contribution in [3.05, 3.63) is 29.1 Å². The van der Waals surface area contributed by atoms with Gasteiger partial charge in [0.2, 0.25) is 0 Å². The average molecular weight is 262 g/mol. The highest BCUT2D eigenvalue weighted by Crippen LogP contribution is 2.39. The van der Waals surface area contributed by atoms with Gasteiger partial charge in [0, 0.05) is 6.54 Å². The molecule has 0 aromatic carbocycles. The number of rotatable bonds is 4. The first-order valence-corrected chi connectivity index (χ1v) is 6.40. The fourth-order valence-electron chi connectivity index (χ4n) is 2.25. The van der Waals surface area contributed by atoms with Gasteiger partial charge >= 0.3 is 5.97 Å². The smallest absolute Gasteiger partial charge is 0.337 e. The third kappa shape index (κ3) is 2.92. The predicted octanol–water partition coefficient (Wildman–Crippen LogP) is 2.01. The van der Waals surface area contributed by atoms with Gasteiger partial charge < -0.3 is 10.4 Å². The maximum absolute atomic E-state index is 11.9. The number of aryl methyl sites for hydroxylation is 1. The van der Waals surface area contributed by atoms with Crippen molar-refractivity contribution in [1.82, 2.24) is 10.3 Å². The van der Waals surface area contributed by atoms with Gasteiger partial charge in [-0.15, -0.1) is 0 Å². The minimum atomic E-state index is -1.03. The van der Waals surface area contributed by atoms with E-state index in [2.05, 4.69) is 17.2 Å². The zero-order valence-electron chi connectivity index (χ0n) is 11.2. The summed E-state index contributed by atoms with van der Waals surface area (Å²) in [6.45, 7) is 4.39. The number of aromatic nitrogens is 1. The Hall–Kier alpha value is -1.91. The van der Waals surface area contributed by atoms with E-state index in [-0.39, 0.29) is 22.6 Å². The number of hydrogen-bond donors (Lipinski definition) is 2. The minimum Gasteiger partial charge on any atom is -0.478 e. The number of aromatic carboxylic acids is 1. The van der Waals surface area contributed by atoms with Crippen LogP contribution in [0.2, 0.25) is 0 Å². The largest absolute Gasteiger partial charge is 0.478 e. The molecule has 19 heavy (non-hydrogen) atoms. The molecule has 0 saturated heterocycles. The summed E-state index contributed by atoms with van der Waals surface area (Å²) in [5, 5.41) is 11.8. The molecule has 0 spiro atoms. The summed E-state index contributed by atoms with van der Waals surface area (Å²) in [5.74, 6) is -1.27. The van der Waals surface area contributed by atoms with Crippen LogP contribution < -0.4 is 5.32 Å². The molecule has 0 aliphatic heterocycles. The van der Waals surface area contributed by atoms with E-state index in [1.807, 2.05) is 0 Å². The van der Waals surface area contributed by atoms with Gasteiger partial charge in [-0.1, -0.05) is 13.3 Å². The Labute approximate surface area is 112 Å². The molecule has 5 nitrogen and oxygen atoms in total. The van der Waals surface area contributed by atoms with Gasteiger partial charge in [-0.3, -0.25) is 4.79 Å². The Balaban J connectivity index is 2.03. The molecule has 0 unspecified atom stereocenters. The molecule has 1 aliphatic carbocycles. The van der Waals surface area contributed by atoms with Crippen LogP contribution in [0.4, 0.5) is 0 Å². The molecule has 1 fully saturated rings. The number of carbonyl (C=O) groups is 2. The number of pyridine rings is 1. The first-order chi connectivity index (χ1) is 8.91. The Morgan fingerprint density at radius 1 is 1.42 bits per heavy atom. The number of carbonyl (C=O) groups excluding carboxylic acids is 1. The maximum atomic E-state index is 11.9. The molecule has 1 aliphatic rings. The van der Waals surface area contributed by atoms with Crippen LogP contribution in [0.5, 0.6) is 0 Å². The summed E-state index contributed by atoms with van der Waals surface area (Å²) >= 11 is 0. The van der Waals surface area contributed by atoms with Crippen LogP contribution in [0.1, 0.15) is 52.7 Å². The first kappa shape index (κ1) is 13.5. The second-order valence-electron chi connectivity index (χ2n) is 5.48. The zero-order valence-corrected chi connectivity index (χ0v) is 11.2. The lowest BCUT2D eigenvalue weighted by Crippen LogP contribution is -2.40. The van der Waals surface area contributed by atoms with Crippen LogP contribution in [0, 0.1) is 12.3 Å². The lowest BCUT2D eigenvalue weighted by atomic mass is 9.70. The lowest BCUT2D eigenvalue weighted by Gasteiger charge is -2.38. The predicted molar refractivity (Wildman–Crippen MR) is 70.2 cm³/mol. The van der Waals surface area contributed by atoms with Crippen molar-refractivity contribution in [2.24, 2.45) is 5.41 Å². The summed E-state index contributed by atoms with van der Waals surface area (Å²) in [6, 6.07) is 2.87. The van der Waals surface area contributed by atoms with Gasteiger partial charge in [-0.05, 0) is 37.3 Å². The molecule has 5 heteroatoms. The van der Waals surface area contributed by atoms with Gasteiger partial charge in [-0.25, -0.2) is 9.78 Å². The molecule has 0 atom stereocenters. The number of carboxylic acids is 1. The van der Waals surface area contributed by atoms with E-state index in [9.17, 15) is 9.59 Å². The summed E-state index contributed by atoms with van der Waals surface area (Å²) in [7, 11) is 0.